The normalized spacial score (nSPS) is 12.0. The largest absolute Gasteiger partial charge is 0.466 e. The molecule has 0 radical (unpaired) electrons. The number of aliphatic hydroxyl groups is 1. The Morgan fingerprint density at radius 2 is 2.00 bits per heavy atom. The Kier molecular flexibility index (Phi) is 5.50. The lowest BCUT2D eigenvalue weighted by Gasteiger charge is -2.18. The SMILES string of the molecule is CCOC(=O)c1cnc2c(C(O)c3ccco3)cccc2c1Nc1ccccc1C. The zero-order valence-electron chi connectivity index (χ0n) is 16.8. The summed E-state index contributed by atoms with van der Waals surface area (Å²) in [6.07, 6.45) is 2.02. The lowest BCUT2D eigenvalue weighted by molar-refractivity contribution is 0.0527. The number of nitrogens with zero attached hydrogens (tertiary/aromatic N) is 1. The van der Waals surface area contributed by atoms with E-state index in [-0.39, 0.29) is 6.61 Å². The number of ether oxygens (including phenoxy) is 1. The molecule has 2 aromatic carbocycles. The summed E-state index contributed by atoms with van der Waals surface area (Å²) in [4.78, 5) is 17.1. The highest BCUT2D eigenvalue weighted by Gasteiger charge is 2.22. The average molecular weight is 402 g/mol. The molecular formula is C24H22N2O4. The summed E-state index contributed by atoms with van der Waals surface area (Å²) in [5.41, 5.74) is 3.98. The smallest absolute Gasteiger partial charge is 0.341 e. The Morgan fingerprint density at radius 3 is 2.73 bits per heavy atom. The lowest BCUT2D eigenvalue weighted by atomic mass is 10.00. The number of benzene rings is 2. The molecule has 0 aliphatic rings. The van der Waals surface area contributed by atoms with Crippen LogP contribution in [0.3, 0.4) is 0 Å². The van der Waals surface area contributed by atoms with E-state index in [1.54, 1.807) is 25.1 Å². The van der Waals surface area contributed by atoms with E-state index in [1.807, 2.05) is 43.3 Å². The van der Waals surface area contributed by atoms with Gasteiger partial charge < -0.3 is 19.6 Å². The van der Waals surface area contributed by atoms with E-state index in [9.17, 15) is 9.90 Å². The Balaban J connectivity index is 1.91. The number of aliphatic hydroxyl groups excluding tert-OH is 1. The molecule has 0 aliphatic heterocycles. The number of rotatable bonds is 6. The maximum atomic E-state index is 12.6. The zero-order chi connectivity index (χ0) is 21.1. The predicted octanol–water partition coefficient (Wildman–Crippen LogP) is 5.14. The number of fused-ring (bicyclic) bond motifs is 1. The minimum Gasteiger partial charge on any atom is -0.466 e. The van der Waals surface area contributed by atoms with Crippen LogP contribution in [0, 0.1) is 6.92 Å². The van der Waals surface area contributed by atoms with Crippen molar-refractivity contribution < 1.29 is 19.1 Å². The number of nitrogens with one attached hydrogen (secondary N) is 1. The second kappa shape index (κ2) is 8.39. The topological polar surface area (TPSA) is 84.6 Å². The number of aryl methyl sites for hydroxylation is 1. The van der Waals surface area contributed by atoms with Crippen molar-refractivity contribution in [3.63, 3.8) is 0 Å². The van der Waals surface area contributed by atoms with Gasteiger partial charge in [-0.1, -0.05) is 36.4 Å². The standard InChI is InChI=1S/C24H22N2O4/c1-3-29-24(28)18-14-25-21-16(22(18)26-19-11-5-4-8-15(19)2)9-6-10-17(21)23(27)20-12-7-13-30-20/h4-14,23,27H,3H2,1-2H3,(H,25,26). The molecule has 6 heteroatoms. The van der Waals surface area contributed by atoms with Crippen LogP contribution in [0.1, 0.15) is 40.3 Å². The third-order valence-corrected chi connectivity index (χ3v) is 4.94. The second-order valence-electron chi connectivity index (χ2n) is 6.87. The van der Waals surface area contributed by atoms with Gasteiger partial charge in [-0.3, -0.25) is 4.98 Å². The van der Waals surface area contributed by atoms with Crippen molar-refractivity contribution in [2.24, 2.45) is 0 Å². The first-order chi connectivity index (χ1) is 14.6. The third-order valence-electron chi connectivity index (χ3n) is 4.94. The molecule has 6 nitrogen and oxygen atoms in total. The highest BCUT2D eigenvalue weighted by molar-refractivity contribution is 6.06. The zero-order valence-corrected chi connectivity index (χ0v) is 16.8. The van der Waals surface area contributed by atoms with Crippen molar-refractivity contribution in [3.05, 3.63) is 89.5 Å². The van der Waals surface area contributed by atoms with Crippen molar-refractivity contribution in [3.8, 4) is 0 Å². The molecule has 0 spiro atoms. The second-order valence-corrected chi connectivity index (χ2v) is 6.87. The van der Waals surface area contributed by atoms with Crippen LogP contribution in [0.4, 0.5) is 11.4 Å². The number of furan rings is 1. The first-order valence-electron chi connectivity index (χ1n) is 9.73. The van der Waals surface area contributed by atoms with Crippen LogP contribution >= 0.6 is 0 Å². The van der Waals surface area contributed by atoms with E-state index in [2.05, 4.69) is 10.3 Å². The molecule has 4 aromatic rings. The van der Waals surface area contributed by atoms with E-state index in [4.69, 9.17) is 9.15 Å². The fraction of sp³-hybridized carbons (Fsp3) is 0.167. The van der Waals surface area contributed by atoms with Crippen molar-refractivity contribution in [2.45, 2.75) is 20.0 Å². The molecular weight excluding hydrogens is 380 g/mol. The summed E-state index contributed by atoms with van der Waals surface area (Å²) in [6.45, 7) is 4.01. The van der Waals surface area contributed by atoms with Gasteiger partial charge in [0.1, 0.15) is 17.4 Å². The monoisotopic (exact) mass is 402 g/mol. The minimum absolute atomic E-state index is 0.262. The number of anilines is 2. The quantitative estimate of drug-likeness (QED) is 0.435. The molecule has 30 heavy (non-hydrogen) atoms. The number of aromatic nitrogens is 1. The van der Waals surface area contributed by atoms with Gasteiger partial charge in [-0.25, -0.2) is 4.79 Å². The van der Waals surface area contributed by atoms with Crippen molar-refractivity contribution in [1.82, 2.24) is 4.98 Å². The molecule has 0 bridgehead atoms. The Hall–Kier alpha value is -3.64. The molecule has 2 heterocycles. The van der Waals surface area contributed by atoms with Crippen LogP contribution < -0.4 is 5.32 Å². The molecule has 152 valence electrons. The average Bonchev–Trinajstić information content (AvgIpc) is 3.29. The van der Waals surface area contributed by atoms with Gasteiger partial charge in [-0.2, -0.15) is 0 Å². The van der Waals surface area contributed by atoms with Crippen LogP contribution in [0.25, 0.3) is 10.9 Å². The molecule has 4 rings (SSSR count). The predicted molar refractivity (Wildman–Crippen MR) is 115 cm³/mol. The van der Waals surface area contributed by atoms with E-state index in [1.165, 1.54) is 12.5 Å². The highest BCUT2D eigenvalue weighted by Crippen LogP contribution is 2.35. The molecule has 0 amide bonds. The summed E-state index contributed by atoms with van der Waals surface area (Å²) in [7, 11) is 0. The van der Waals surface area contributed by atoms with Gasteiger partial charge in [0.2, 0.25) is 0 Å². The van der Waals surface area contributed by atoms with Crippen LogP contribution in [0.2, 0.25) is 0 Å². The van der Waals surface area contributed by atoms with Crippen LogP contribution in [-0.2, 0) is 4.74 Å². The van der Waals surface area contributed by atoms with Gasteiger partial charge in [0, 0.05) is 22.8 Å². The molecule has 0 aliphatic carbocycles. The minimum atomic E-state index is -0.976. The van der Waals surface area contributed by atoms with E-state index < -0.39 is 12.1 Å². The summed E-state index contributed by atoms with van der Waals surface area (Å²) < 4.78 is 10.6. The number of carbonyl (C=O) groups excluding carboxylic acids is 1. The molecule has 0 fully saturated rings. The highest BCUT2D eigenvalue weighted by atomic mass is 16.5. The van der Waals surface area contributed by atoms with Crippen LogP contribution in [0.15, 0.2) is 71.5 Å². The molecule has 1 unspecified atom stereocenters. The molecule has 1 atom stereocenters. The van der Waals surface area contributed by atoms with Gasteiger partial charge in [-0.15, -0.1) is 0 Å². The van der Waals surface area contributed by atoms with E-state index in [0.717, 1.165) is 11.3 Å². The molecule has 0 saturated heterocycles. The third kappa shape index (κ3) is 3.65. The Labute approximate surface area is 174 Å². The van der Waals surface area contributed by atoms with Gasteiger partial charge in [-0.05, 0) is 37.6 Å². The fourth-order valence-electron chi connectivity index (χ4n) is 3.41. The van der Waals surface area contributed by atoms with Gasteiger partial charge in [0.15, 0.2) is 0 Å². The number of para-hydroxylation sites is 2. The number of esters is 1. The Bertz CT molecular complexity index is 1190. The lowest BCUT2D eigenvalue weighted by Crippen LogP contribution is -2.10. The summed E-state index contributed by atoms with van der Waals surface area (Å²) in [5, 5.41) is 14.9. The number of pyridine rings is 1. The van der Waals surface area contributed by atoms with Crippen molar-refractivity contribution >= 4 is 28.2 Å². The molecule has 0 saturated carbocycles. The molecule has 2 N–H and O–H groups in total. The van der Waals surface area contributed by atoms with Crippen LogP contribution in [0.5, 0.6) is 0 Å². The number of carbonyl (C=O) groups is 1. The summed E-state index contributed by atoms with van der Waals surface area (Å²) >= 11 is 0. The summed E-state index contributed by atoms with van der Waals surface area (Å²) in [6, 6.07) is 16.7. The first-order valence-corrected chi connectivity index (χ1v) is 9.73. The molecule has 2 aromatic heterocycles. The summed E-state index contributed by atoms with van der Waals surface area (Å²) in [5.74, 6) is -0.0350. The number of hydrogen-bond acceptors (Lipinski definition) is 6. The Morgan fingerprint density at radius 1 is 1.17 bits per heavy atom. The van der Waals surface area contributed by atoms with Crippen molar-refractivity contribution in [2.75, 3.05) is 11.9 Å². The van der Waals surface area contributed by atoms with Gasteiger partial charge in [0.25, 0.3) is 0 Å². The maximum absolute atomic E-state index is 12.6. The van der Waals surface area contributed by atoms with E-state index in [0.29, 0.717) is 33.5 Å². The first kappa shape index (κ1) is 19.7. The van der Waals surface area contributed by atoms with Crippen LogP contribution in [-0.4, -0.2) is 22.7 Å². The van der Waals surface area contributed by atoms with Crippen molar-refractivity contribution in [1.29, 1.82) is 0 Å². The van der Waals surface area contributed by atoms with E-state index >= 15 is 0 Å². The maximum Gasteiger partial charge on any atom is 0.341 e. The van der Waals surface area contributed by atoms with Gasteiger partial charge >= 0.3 is 5.97 Å². The number of hydrogen-bond donors (Lipinski definition) is 2. The van der Waals surface area contributed by atoms with Gasteiger partial charge in [0.05, 0.1) is 24.1 Å². The fourth-order valence-corrected chi connectivity index (χ4v) is 3.41.